The van der Waals surface area contributed by atoms with E-state index in [9.17, 15) is 19.2 Å². The minimum absolute atomic E-state index is 0.0377. The summed E-state index contributed by atoms with van der Waals surface area (Å²) >= 11 is 0. The largest absolute Gasteiger partial charge is 0.481 e. The number of benzene rings is 2. The van der Waals surface area contributed by atoms with Gasteiger partial charge in [0.25, 0.3) is 0 Å². The molecule has 2 unspecified atom stereocenters. The van der Waals surface area contributed by atoms with Crippen LogP contribution >= 0.6 is 0 Å². The third-order valence-electron chi connectivity index (χ3n) is 10.00. The Morgan fingerprint density at radius 2 is 1.58 bits per heavy atom. The molecule has 0 aliphatic heterocycles. The summed E-state index contributed by atoms with van der Waals surface area (Å²) in [7, 11) is 0. The molecule has 10 heteroatoms. The molecular formula is C35H42N4O6. The molecule has 4 saturated carbocycles. The number of fused-ring (bicyclic) bond motifs is 1. The Morgan fingerprint density at radius 3 is 2.27 bits per heavy atom. The average Bonchev–Trinajstić information content (AvgIpc) is 3.42. The van der Waals surface area contributed by atoms with Gasteiger partial charge in [-0.2, -0.15) is 0 Å². The summed E-state index contributed by atoms with van der Waals surface area (Å²) in [6.07, 6.45) is 6.45. The summed E-state index contributed by atoms with van der Waals surface area (Å²) in [4.78, 5) is 51.2. The van der Waals surface area contributed by atoms with Gasteiger partial charge >= 0.3 is 12.1 Å². The molecule has 0 radical (unpaired) electrons. The number of carboxylic acid groups (broad SMARTS) is 1. The molecule has 7 rings (SSSR count). The van der Waals surface area contributed by atoms with Crippen LogP contribution in [0, 0.1) is 23.7 Å². The van der Waals surface area contributed by atoms with E-state index in [0.29, 0.717) is 11.8 Å². The number of rotatable bonds is 12. The van der Waals surface area contributed by atoms with Crippen molar-refractivity contribution in [3.63, 3.8) is 0 Å². The normalized spacial score (nSPS) is 25.2. The molecule has 2 aromatic carbocycles. The van der Waals surface area contributed by atoms with Crippen LogP contribution in [-0.2, 0) is 25.7 Å². The maximum Gasteiger partial charge on any atom is 0.408 e. The van der Waals surface area contributed by atoms with E-state index >= 15 is 0 Å². The molecule has 4 fully saturated rings. The van der Waals surface area contributed by atoms with E-state index < -0.39 is 35.5 Å². The van der Waals surface area contributed by atoms with Crippen molar-refractivity contribution in [3.8, 4) is 0 Å². The second-order valence-electron chi connectivity index (χ2n) is 13.4. The number of ether oxygens (including phenoxy) is 1. The predicted octanol–water partition coefficient (Wildman–Crippen LogP) is 4.79. The lowest BCUT2D eigenvalue weighted by atomic mass is 9.55. The smallest absolute Gasteiger partial charge is 0.408 e. The molecule has 1 aromatic heterocycles. The van der Waals surface area contributed by atoms with E-state index in [4.69, 9.17) is 9.84 Å². The quantitative estimate of drug-likeness (QED) is 0.231. The van der Waals surface area contributed by atoms with Crippen LogP contribution in [0.5, 0.6) is 0 Å². The first kappa shape index (κ1) is 30.7. The number of aromatic nitrogens is 1. The molecule has 4 N–H and O–H groups in total. The third kappa shape index (κ3) is 7.00. The Kier molecular flexibility index (Phi) is 8.83. The molecule has 0 spiro atoms. The fraction of sp³-hybridized carbons (Fsp3) is 0.486. The van der Waals surface area contributed by atoms with E-state index in [-0.39, 0.29) is 32.0 Å². The number of alkyl carbamates (subject to hydrolysis) is 1. The number of nitrogens with zero attached hydrogens (tertiary/aromatic N) is 1. The fourth-order valence-corrected chi connectivity index (χ4v) is 8.05. The molecular weight excluding hydrogens is 572 g/mol. The Balaban J connectivity index is 1.19. The van der Waals surface area contributed by atoms with Crippen LogP contribution in [0.1, 0.15) is 63.5 Å². The van der Waals surface area contributed by atoms with E-state index in [0.717, 1.165) is 54.0 Å². The molecule has 10 nitrogen and oxygen atoms in total. The lowest BCUT2D eigenvalue weighted by Crippen LogP contribution is -2.61. The van der Waals surface area contributed by atoms with Crippen LogP contribution in [0.3, 0.4) is 0 Å². The molecule has 238 valence electrons. The van der Waals surface area contributed by atoms with Gasteiger partial charge in [-0.1, -0.05) is 48.5 Å². The van der Waals surface area contributed by atoms with Gasteiger partial charge in [0.2, 0.25) is 11.8 Å². The number of para-hydroxylation sites is 1. The minimum atomic E-state index is -1.39. The lowest BCUT2D eigenvalue weighted by Gasteiger charge is -2.53. The first-order valence-electron chi connectivity index (χ1n) is 16.0. The zero-order valence-electron chi connectivity index (χ0n) is 25.6. The van der Waals surface area contributed by atoms with Crippen molar-refractivity contribution >= 4 is 34.8 Å². The van der Waals surface area contributed by atoms with Crippen molar-refractivity contribution in [2.75, 3.05) is 6.54 Å². The molecule has 0 saturated heterocycles. The van der Waals surface area contributed by atoms with Gasteiger partial charge in [-0.05, 0) is 85.8 Å². The monoisotopic (exact) mass is 614 g/mol. The number of amides is 3. The Hall–Kier alpha value is -4.34. The number of aliphatic carboxylic acids is 1. The van der Waals surface area contributed by atoms with Gasteiger partial charge < -0.3 is 30.4 Å². The highest BCUT2D eigenvalue weighted by molar-refractivity contribution is 5.90. The van der Waals surface area contributed by atoms with Crippen molar-refractivity contribution < 1.29 is 29.0 Å². The summed E-state index contributed by atoms with van der Waals surface area (Å²) in [6.45, 7) is 1.89. The number of hydrogen-bond acceptors (Lipinski definition) is 5. The molecule has 4 aliphatic carbocycles. The van der Waals surface area contributed by atoms with Gasteiger partial charge in [0, 0.05) is 24.7 Å². The molecule has 4 bridgehead atoms. The topological polar surface area (TPSA) is 139 Å². The second kappa shape index (κ2) is 12.9. The Morgan fingerprint density at radius 1 is 0.911 bits per heavy atom. The highest BCUT2D eigenvalue weighted by atomic mass is 16.6. The predicted molar refractivity (Wildman–Crippen MR) is 168 cm³/mol. The van der Waals surface area contributed by atoms with Crippen molar-refractivity contribution in [2.24, 2.45) is 23.7 Å². The number of carbonyl (C=O) groups excluding carboxylic acids is 3. The van der Waals surface area contributed by atoms with Crippen LogP contribution in [0.2, 0.25) is 0 Å². The van der Waals surface area contributed by atoms with E-state index in [1.165, 1.54) is 6.42 Å². The van der Waals surface area contributed by atoms with E-state index in [2.05, 4.69) is 16.0 Å². The summed E-state index contributed by atoms with van der Waals surface area (Å²) < 4.78 is 8.07. The van der Waals surface area contributed by atoms with Gasteiger partial charge in [-0.15, -0.1) is 0 Å². The van der Waals surface area contributed by atoms with Gasteiger partial charge in [-0.3, -0.25) is 14.4 Å². The van der Waals surface area contributed by atoms with Crippen molar-refractivity contribution in [1.82, 2.24) is 20.5 Å². The van der Waals surface area contributed by atoms with Crippen molar-refractivity contribution in [3.05, 3.63) is 72.4 Å². The standard InChI is InChI=1S/C35H42N4O6/c1-35(21-39-14-13-25-9-5-6-10-29(25)39,38-34(44)45-32-26-16-22-15-23(18-26)19-27(32)17-22)33(43)36-20-28(24-7-3-2-4-8-24)37-30(40)11-12-31(41)42/h2-10,13-14,22-23,26-28,32H,11-12,15-21H2,1H3,(H,36,43)(H,37,40)(H,38,44)(H,41,42). The SMILES string of the molecule is CC(Cn1ccc2ccccc21)(NC(=O)OC1C2CC3CC(C2)CC1C3)C(=O)NCC(NC(=O)CCC(=O)O)c1ccccc1. The zero-order valence-corrected chi connectivity index (χ0v) is 25.6. The van der Waals surface area contributed by atoms with E-state index in [1.807, 2.05) is 71.4 Å². The first-order chi connectivity index (χ1) is 21.7. The average molecular weight is 615 g/mol. The van der Waals surface area contributed by atoms with Gasteiger partial charge in [0.1, 0.15) is 11.6 Å². The van der Waals surface area contributed by atoms with Crippen molar-refractivity contribution in [1.29, 1.82) is 0 Å². The summed E-state index contributed by atoms with van der Waals surface area (Å²) in [5.41, 5.74) is 0.300. The molecule has 3 amide bonds. The van der Waals surface area contributed by atoms with Gasteiger partial charge in [0.15, 0.2) is 0 Å². The van der Waals surface area contributed by atoms with Crippen LogP contribution in [-0.4, -0.2) is 51.7 Å². The maximum absolute atomic E-state index is 14.1. The Labute approximate surface area is 262 Å². The number of hydrogen-bond donors (Lipinski definition) is 4. The van der Waals surface area contributed by atoms with E-state index in [1.54, 1.807) is 6.92 Å². The van der Waals surface area contributed by atoms with Crippen molar-refractivity contribution in [2.45, 2.75) is 76.1 Å². The second-order valence-corrected chi connectivity index (χ2v) is 13.4. The Bertz CT molecular complexity index is 1530. The van der Waals surface area contributed by atoms with Crippen LogP contribution in [0.25, 0.3) is 10.9 Å². The fourth-order valence-electron chi connectivity index (χ4n) is 8.05. The first-order valence-corrected chi connectivity index (χ1v) is 16.0. The van der Waals surface area contributed by atoms with Crippen LogP contribution in [0.4, 0.5) is 4.79 Å². The minimum Gasteiger partial charge on any atom is -0.481 e. The highest BCUT2D eigenvalue weighted by Gasteiger charge is 2.50. The number of carbonyl (C=O) groups is 4. The molecule has 45 heavy (non-hydrogen) atoms. The molecule has 4 aliphatic rings. The molecule has 3 aromatic rings. The highest BCUT2D eigenvalue weighted by Crippen LogP contribution is 2.54. The lowest BCUT2D eigenvalue weighted by molar-refractivity contribution is -0.138. The van der Waals surface area contributed by atoms with Gasteiger partial charge in [0.05, 0.1) is 19.0 Å². The van der Waals surface area contributed by atoms with Gasteiger partial charge in [-0.25, -0.2) is 4.79 Å². The van der Waals surface area contributed by atoms with Crippen LogP contribution in [0.15, 0.2) is 66.9 Å². The zero-order chi connectivity index (χ0) is 31.6. The molecule has 1 heterocycles. The molecule has 2 atom stereocenters. The summed E-state index contributed by atoms with van der Waals surface area (Å²) in [5, 5.41) is 18.8. The number of nitrogens with one attached hydrogen (secondary N) is 3. The van der Waals surface area contributed by atoms with Crippen LogP contribution < -0.4 is 16.0 Å². The summed E-state index contributed by atoms with van der Waals surface area (Å²) in [5.74, 6) is 0.345. The summed E-state index contributed by atoms with van der Waals surface area (Å²) in [6, 6.07) is 18.4. The third-order valence-corrected chi connectivity index (χ3v) is 10.00. The number of carboxylic acids is 1. The maximum atomic E-state index is 14.1.